The molecule has 22 heavy (non-hydrogen) atoms. The highest BCUT2D eigenvalue weighted by Gasteiger charge is 2.42. The fourth-order valence-electron chi connectivity index (χ4n) is 2.75. The molecule has 2 aromatic carbocycles. The van der Waals surface area contributed by atoms with E-state index in [0.29, 0.717) is 24.2 Å². The average molecular weight is 302 g/mol. The van der Waals surface area contributed by atoms with E-state index in [0.717, 1.165) is 5.69 Å². The molecule has 0 amide bonds. The van der Waals surface area contributed by atoms with E-state index in [1.165, 1.54) is 18.2 Å². The summed E-state index contributed by atoms with van der Waals surface area (Å²) in [6.45, 7) is 2.43. The Bertz CT molecular complexity index is 725. The number of aliphatic hydroxyl groups is 1. The molecule has 1 aliphatic heterocycles. The minimum absolute atomic E-state index is 0.0815. The van der Waals surface area contributed by atoms with Crippen molar-refractivity contribution in [3.63, 3.8) is 0 Å². The number of nitro benzene ring substituents is 1. The van der Waals surface area contributed by atoms with Gasteiger partial charge in [0, 0.05) is 17.3 Å². The molecule has 1 fully saturated rings. The average Bonchev–Trinajstić information content (AvgIpc) is 2.44. The van der Waals surface area contributed by atoms with Crippen LogP contribution in [0.3, 0.4) is 0 Å². The van der Waals surface area contributed by atoms with E-state index in [4.69, 9.17) is 0 Å². The van der Waals surface area contributed by atoms with Crippen molar-refractivity contribution in [1.82, 2.24) is 0 Å². The molecule has 1 N–H and O–H groups in total. The van der Waals surface area contributed by atoms with Crippen molar-refractivity contribution >= 4 is 11.4 Å². The molecule has 1 aliphatic rings. The highest BCUT2D eigenvalue weighted by molar-refractivity contribution is 5.58. The van der Waals surface area contributed by atoms with Crippen molar-refractivity contribution in [3.05, 3.63) is 69.5 Å². The SMILES string of the molecule is Cc1cc(N2CC(O)(c3ccc(F)cc3)C2)ccc1[N+](=O)[O-]. The molecule has 0 saturated carbocycles. The molecule has 0 aromatic heterocycles. The number of halogens is 1. The summed E-state index contributed by atoms with van der Waals surface area (Å²) in [7, 11) is 0. The third-order valence-electron chi connectivity index (χ3n) is 4.03. The predicted molar refractivity (Wildman–Crippen MR) is 80.3 cm³/mol. The zero-order chi connectivity index (χ0) is 15.9. The van der Waals surface area contributed by atoms with Crippen LogP contribution < -0.4 is 4.90 Å². The smallest absolute Gasteiger partial charge is 0.272 e. The lowest BCUT2D eigenvalue weighted by Gasteiger charge is -2.48. The molecule has 3 rings (SSSR count). The maximum Gasteiger partial charge on any atom is 0.272 e. The molecule has 1 saturated heterocycles. The van der Waals surface area contributed by atoms with Gasteiger partial charge in [-0.2, -0.15) is 0 Å². The molecule has 0 bridgehead atoms. The first-order valence-electron chi connectivity index (χ1n) is 6.87. The van der Waals surface area contributed by atoms with Gasteiger partial charge >= 0.3 is 0 Å². The zero-order valence-corrected chi connectivity index (χ0v) is 12.0. The van der Waals surface area contributed by atoms with E-state index in [1.807, 2.05) is 4.90 Å². The first-order chi connectivity index (χ1) is 10.4. The van der Waals surface area contributed by atoms with Gasteiger partial charge in [-0.1, -0.05) is 12.1 Å². The Hall–Kier alpha value is -2.47. The number of nitro groups is 1. The van der Waals surface area contributed by atoms with Gasteiger partial charge in [0.1, 0.15) is 11.4 Å². The second-order valence-corrected chi connectivity index (χ2v) is 5.62. The maximum absolute atomic E-state index is 12.9. The van der Waals surface area contributed by atoms with Crippen LogP contribution in [0.15, 0.2) is 42.5 Å². The maximum atomic E-state index is 12.9. The van der Waals surface area contributed by atoms with Gasteiger partial charge in [-0.15, -0.1) is 0 Å². The number of hydrogen-bond acceptors (Lipinski definition) is 4. The minimum Gasteiger partial charge on any atom is -0.381 e. The third kappa shape index (κ3) is 2.42. The quantitative estimate of drug-likeness (QED) is 0.699. The van der Waals surface area contributed by atoms with Crippen LogP contribution in [-0.4, -0.2) is 23.1 Å². The van der Waals surface area contributed by atoms with E-state index in [9.17, 15) is 19.6 Å². The second-order valence-electron chi connectivity index (χ2n) is 5.62. The number of aryl methyl sites for hydroxylation is 1. The summed E-state index contributed by atoms with van der Waals surface area (Å²) in [6.07, 6.45) is 0. The Kier molecular flexibility index (Phi) is 3.33. The number of benzene rings is 2. The minimum atomic E-state index is -1.01. The molecule has 0 radical (unpaired) electrons. The molecular weight excluding hydrogens is 287 g/mol. The van der Waals surface area contributed by atoms with Gasteiger partial charge in [0.25, 0.3) is 5.69 Å². The Morgan fingerprint density at radius 3 is 2.41 bits per heavy atom. The molecule has 0 spiro atoms. The Morgan fingerprint density at radius 1 is 1.23 bits per heavy atom. The number of rotatable bonds is 3. The molecule has 0 aliphatic carbocycles. The lowest BCUT2D eigenvalue weighted by atomic mass is 9.85. The lowest BCUT2D eigenvalue weighted by Crippen LogP contribution is -2.59. The van der Waals surface area contributed by atoms with E-state index in [2.05, 4.69) is 0 Å². The normalized spacial score (nSPS) is 16.2. The fourth-order valence-corrected chi connectivity index (χ4v) is 2.75. The predicted octanol–water partition coefficient (Wildman–Crippen LogP) is 2.75. The van der Waals surface area contributed by atoms with E-state index < -0.39 is 10.5 Å². The van der Waals surface area contributed by atoms with Crippen LogP contribution in [0.1, 0.15) is 11.1 Å². The monoisotopic (exact) mass is 302 g/mol. The topological polar surface area (TPSA) is 66.6 Å². The summed E-state index contributed by atoms with van der Waals surface area (Å²) < 4.78 is 12.9. The fraction of sp³-hybridized carbons (Fsp3) is 0.250. The zero-order valence-electron chi connectivity index (χ0n) is 12.0. The summed E-state index contributed by atoms with van der Waals surface area (Å²) in [5.41, 5.74) is 1.15. The Labute approximate surface area is 126 Å². The third-order valence-corrected chi connectivity index (χ3v) is 4.03. The summed E-state index contributed by atoms with van der Waals surface area (Å²) in [5.74, 6) is -0.338. The molecule has 1 heterocycles. The van der Waals surface area contributed by atoms with Crippen molar-refractivity contribution in [2.75, 3.05) is 18.0 Å². The summed E-state index contributed by atoms with van der Waals surface area (Å²) in [4.78, 5) is 12.3. The van der Waals surface area contributed by atoms with E-state index >= 15 is 0 Å². The highest BCUT2D eigenvalue weighted by Crippen LogP contribution is 2.36. The Morgan fingerprint density at radius 2 is 1.86 bits per heavy atom. The van der Waals surface area contributed by atoms with Gasteiger partial charge in [0.2, 0.25) is 0 Å². The summed E-state index contributed by atoms with van der Waals surface area (Å²) >= 11 is 0. The summed E-state index contributed by atoms with van der Waals surface area (Å²) in [5, 5.41) is 21.4. The van der Waals surface area contributed by atoms with Crippen LogP contribution in [-0.2, 0) is 5.60 Å². The Balaban J connectivity index is 1.76. The van der Waals surface area contributed by atoms with Crippen LogP contribution in [0.2, 0.25) is 0 Å². The van der Waals surface area contributed by atoms with Crippen LogP contribution >= 0.6 is 0 Å². The van der Waals surface area contributed by atoms with E-state index in [1.54, 1.807) is 31.2 Å². The molecule has 6 heteroatoms. The van der Waals surface area contributed by atoms with E-state index in [-0.39, 0.29) is 11.5 Å². The molecule has 5 nitrogen and oxygen atoms in total. The van der Waals surface area contributed by atoms with Crippen LogP contribution in [0.4, 0.5) is 15.8 Å². The van der Waals surface area contributed by atoms with Crippen molar-refractivity contribution < 1.29 is 14.4 Å². The number of β-amino-alcohol motifs (C(OH)–C–C–N with tert-alkyl or cyclic N) is 1. The van der Waals surface area contributed by atoms with Gasteiger partial charge in [0.05, 0.1) is 18.0 Å². The van der Waals surface area contributed by atoms with Crippen molar-refractivity contribution in [2.45, 2.75) is 12.5 Å². The summed E-state index contributed by atoms with van der Waals surface area (Å²) in [6, 6.07) is 10.7. The standard InChI is InChI=1S/C16H15FN2O3/c1-11-8-14(6-7-15(11)19(21)22)18-9-16(20,10-18)12-2-4-13(17)5-3-12/h2-8,20H,9-10H2,1H3. The van der Waals surface area contributed by atoms with Gasteiger partial charge in [0.15, 0.2) is 0 Å². The highest BCUT2D eigenvalue weighted by atomic mass is 19.1. The first-order valence-corrected chi connectivity index (χ1v) is 6.87. The first kappa shape index (κ1) is 14.5. The number of hydrogen-bond donors (Lipinski definition) is 1. The van der Waals surface area contributed by atoms with Gasteiger partial charge in [-0.25, -0.2) is 4.39 Å². The second kappa shape index (κ2) is 5.06. The molecule has 0 unspecified atom stereocenters. The number of anilines is 1. The van der Waals surface area contributed by atoms with Gasteiger partial charge in [-0.3, -0.25) is 10.1 Å². The molecule has 0 atom stereocenters. The van der Waals surface area contributed by atoms with Crippen molar-refractivity contribution in [2.24, 2.45) is 0 Å². The largest absolute Gasteiger partial charge is 0.381 e. The van der Waals surface area contributed by atoms with Crippen molar-refractivity contribution in [3.8, 4) is 0 Å². The van der Waals surface area contributed by atoms with Crippen LogP contribution in [0.5, 0.6) is 0 Å². The van der Waals surface area contributed by atoms with Gasteiger partial charge in [-0.05, 0) is 36.8 Å². The molecule has 2 aromatic rings. The van der Waals surface area contributed by atoms with Crippen LogP contribution in [0, 0.1) is 22.9 Å². The lowest BCUT2D eigenvalue weighted by molar-refractivity contribution is -0.385. The van der Waals surface area contributed by atoms with Gasteiger partial charge < -0.3 is 10.0 Å². The number of nitrogens with zero attached hydrogens (tertiary/aromatic N) is 2. The van der Waals surface area contributed by atoms with Crippen LogP contribution in [0.25, 0.3) is 0 Å². The molecule has 114 valence electrons. The molecular formula is C16H15FN2O3. The van der Waals surface area contributed by atoms with Crippen molar-refractivity contribution in [1.29, 1.82) is 0 Å².